The lowest BCUT2D eigenvalue weighted by atomic mass is 9.68. The monoisotopic (exact) mass is 271 g/mol. The van der Waals surface area contributed by atoms with Gasteiger partial charge in [-0.3, -0.25) is 0 Å². The Morgan fingerprint density at radius 2 is 1.89 bits per heavy atom. The van der Waals surface area contributed by atoms with Crippen molar-refractivity contribution >= 4 is 12.1 Å². The molecule has 0 radical (unpaired) electrons. The topological polar surface area (TPSA) is 75.6 Å². The molecule has 1 aliphatic rings. The van der Waals surface area contributed by atoms with E-state index in [0.717, 1.165) is 12.8 Å². The number of carboxylic acids is 1. The van der Waals surface area contributed by atoms with Crippen LogP contribution in [0.25, 0.3) is 0 Å². The Bertz CT molecular complexity index is 361. The standard InChI is InChI=1S/C14H25NO4/c1-9-7-6-8-14(10(9)2,11(16)17)15-12(18)19-13(3,4)5/h9-10H,6-8H2,1-5H3,(H,15,18)(H,16,17). The first-order valence-corrected chi connectivity index (χ1v) is 6.83. The maximum absolute atomic E-state index is 11.9. The first-order chi connectivity index (χ1) is 8.58. The molecule has 5 nitrogen and oxygen atoms in total. The minimum Gasteiger partial charge on any atom is -0.479 e. The Morgan fingerprint density at radius 1 is 1.32 bits per heavy atom. The number of aliphatic carboxylic acids is 1. The number of carbonyl (C=O) groups excluding carboxylic acids is 1. The Morgan fingerprint density at radius 3 is 2.37 bits per heavy atom. The van der Waals surface area contributed by atoms with Crippen LogP contribution in [0.3, 0.4) is 0 Å². The van der Waals surface area contributed by atoms with Gasteiger partial charge in [-0.05, 0) is 39.0 Å². The van der Waals surface area contributed by atoms with Gasteiger partial charge in [0.15, 0.2) is 0 Å². The summed E-state index contributed by atoms with van der Waals surface area (Å²) < 4.78 is 5.19. The van der Waals surface area contributed by atoms with Crippen molar-refractivity contribution in [2.24, 2.45) is 11.8 Å². The number of rotatable bonds is 2. The first kappa shape index (κ1) is 15.8. The van der Waals surface area contributed by atoms with Crippen molar-refractivity contribution in [2.45, 2.75) is 65.0 Å². The van der Waals surface area contributed by atoms with E-state index in [0.29, 0.717) is 6.42 Å². The molecule has 1 saturated carbocycles. The highest BCUT2D eigenvalue weighted by molar-refractivity contribution is 5.85. The normalized spacial score (nSPS) is 31.6. The predicted octanol–water partition coefficient (Wildman–Crippen LogP) is 2.79. The number of alkyl carbamates (subject to hydrolysis) is 1. The highest BCUT2D eigenvalue weighted by Crippen LogP contribution is 2.38. The zero-order valence-corrected chi connectivity index (χ0v) is 12.4. The molecule has 0 aromatic carbocycles. The summed E-state index contributed by atoms with van der Waals surface area (Å²) in [4.78, 5) is 23.6. The van der Waals surface area contributed by atoms with E-state index < -0.39 is 23.2 Å². The highest BCUT2D eigenvalue weighted by atomic mass is 16.6. The van der Waals surface area contributed by atoms with E-state index in [9.17, 15) is 14.7 Å². The zero-order chi connectivity index (χ0) is 14.8. The third-order valence-corrected chi connectivity index (χ3v) is 3.97. The Balaban J connectivity index is 2.89. The van der Waals surface area contributed by atoms with Gasteiger partial charge in [0.1, 0.15) is 11.1 Å². The van der Waals surface area contributed by atoms with E-state index in [2.05, 4.69) is 5.32 Å². The molecule has 3 atom stereocenters. The number of carbonyl (C=O) groups is 2. The van der Waals surface area contributed by atoms with Crippen molar-refractivity contribution in [1.82, 2.24) is 5.32 Å². The lowest BCUT2D eigenvalue weighted by Gasteiger charge is -2.43. The fraction of sp³-hybridized carbons (Fsp3) is 0.857. The van der Waals surface area contributed by atoms with Crippen molar-refractivity contribution in [2.75, 3.05) is 0 Å². The molecule has 1 amide bonds. The molecule has 2 N–H and O–H groups in total. The molecule has 19 heavy (non-hydrogen) atoms. The summed E-state index contributed by atoms with van der Waals surface area (Å²) in [6, 6.07) is 0. The van der Waals surface area contributed by atoms with Crippen LogP contribution in [0.1, 0.15) is 53.9 Å². The summed E-state index contributed by atoms with van der Waals surface area (Å²) in [6.07, 6.45) is 1.59. The average molecular weight is 271 g/mol. The van der Waals surface area contributed by atoms with Crippen LogP contribution in [-0.4, -0.2) is 28.3 Å². The second-order valence-electron chi connectivity index (χ2n) is 6.56. The van der Waals surface area contributed by atoms with Crippen LogP contribution in [0.15, 0.2) is 0 Å². The fourth-order valence-corrected chi connectivity index (χ4v) is 2.68. The molecule has 0 aromatic heterocycles. The van der Waals surface area contributed by atoms with Gasteiger partial charge in [-0.1, -0.05) is 26.7 Å². The van der Waals surface area contributed by atoms with Gasteiger partial charge in [-0.2, -0.15) is 0 Å². The van der Waals surface area contributed by atoms with E-state index in [1.54, 1.807) is 20.8 Å². The molecule has 0 aromatic rings. The Hall–Kier alpha value is -1.26. The molecule has 1 fully saturated rings. The highest BCUT2D eigenvalue weighted by Gasteiger charge is 2.49. The minimum atomic E-state index is -1.21. The van der Waals surface area contributed by atoms with Crippen molar-refractivity contribution in [3.63, 3.8) is 0 Å². The maximum Gasteiger partial charge on any atom is 0.408 e. The summed E-state index contributed by atoms with van der Waals surface area (Å²) in [5, 5.41) is 12.2. The summed E-state index contributed by atoms with van der Waals surface area (Å²) >= 11 is 0. The number of nitrogens with one attached hydrogen (secondary N) is 1. The van der Waals surface area contributed by atoms with Crippen LogP contribution < -0.4 is 5.32 Å². The minimum absolute atomic E-state index is 0.119. The van der Waals surface area contributed by atoms with Crippen LogP contribution in [-0.2, 0) is 9.53 Å². The van der Waals surface area contributed by atoms with E-state index in [1.807, 2.05) is 13.8 Å². The number of carboxylic acid groups (broad SMARTS) is 1. The summed E-state index contributed by atoms with van der Waals surface area (Å²) in [5.74, 6) is -0.830. The summed E-state index contributed by atoms with van der Waals surface area (Å²) in [7, 11) is 0. The fourth-order valence-electron chi connectivity index (χ4n) is 2.68. The predicted molar refractivity (Wildman–Crippen MR) is 71.9 cm³/mol. The van der Waals surface area contributed by atoms with Crippen molar-refractivity contribution in [3.8, 4) is 0 Å². The SMILES string of the molecule is CC1CCCC(NC(=O)OC(C)(C)C)(C(=O)O)C1C. The molecule has 3 unspecified atom stereocenters. The number of amides is 1. The molecule has 1 rings (SSSR count). The van der Waals surface area contributed by atoms with Crippen LogP contribution in [0.2, 0.25) is 0 Å². The van der Waals surface area contributed by atoms with E-state index in [4.69, 9.17) is 4.74 Å². The van der Waals surface area contributed by atoms with E-state index in [-0.39, 0.29) is 11.8 Å². The third-order valence-electron chi connectivity index (χ3n) is 3.97. The lowest BCUT2D eigenvalue weighted by Crippen LogP contribution is -2.62. The van der Waals surface area contributed by atoms with Crippen LogP contribution in [0.5, 0.6) is 0 Å². The van der Waals surface area contributed by atoms with Crippen LogP contribution >= 0.6 is 0 Å². The zero-order valence-electron chi connectivity index (χ0n) is 12.4. The molecule has 0 saturated heterocycles. The van der Waals surface area contributed by atoms with Gasteiger partial charge in [0.05, 0.1) is 0 Å². The van der Waals surface area contributed by atoms with Gasteiger partial charge in [0, 0.05) is 0 Å². The lowest BCUT2D eigenvalue weighted by molar-refractivity contribution is -0.150. The van der Waals surface area contributed by atoms with Crippen molar-refractivity contribution < 1.29 is 19.4 Å². The molecule has 0 bridgehead atoms. The van der Waals surface area contributed by atoms with E-state index >= 15 is 0 Å². The molecule has 1 aliphatic carbocycles. The van der Waals surface area contributed by atoms with E-state index in [1.165, 1.54) is 0 Å². The number of hydrogen-bond donors (Lipinski definition) is 2. The molecule has 0 aliphatic heterocycles. The number of hydrogen-bond acceptors (Lipinski definition) is 3. The van der Waals surface area contributed by atoms with Gasteiger partial charge in [-0.25, -0.2) is 9.59 Å². The second-order valence-corrected chi connectivity index (χ2v) is 6.56. The second kappa shape index (κ2) is 5.39. The van der Waals surface area contributed by atoms with Gasteiger partial charge in [0.25, 0.3) is 0 Å². The van der Waals surface area contributed by atoms with Gasteiger partial charge in [-0.15, -0.1) is 0 Å². The smallest absolute Gasteiger partial charge is 0.408 e. The first-order valence-electron chi connectivity index (χ1n) is 6.83. The molecular formula is C14H25NO4. The summed E-state index contributed by atoms with van der Waals surface area (Å²) in [6.45, 7) is 9.18. The Labute approximate surface area is 114 Å². The quantitative estimate of drug-likeness (QED) is 0.809. The van der Waals surface area contributed by atoms with Gasteiger partial charge in [0.2, 0.25) is 0 Å². The number of ether oxygens (including phenoxy) is 1. The van der Waals surface area contributed by atoms with Crippen molar-refractivity contribution in [1.29, 1.82) is 0 Å². The summed E-state index contributed by atoms with van der Waals surface area (Å²) in [5.41, 5.74) is -1.84. The average Bonchev–Trinajstić information content (AvgIpc) is 2.21. The van der Waals surface area contributed by atoms with Gasteiger partial charge >= 0.3 is 12.1 Å². The molecule has 110 valence electrons. The van der Waals surface area contributed by atoms with Crippen LogP contribution in [0.4, 0.5) is 4.79 Å². The van der Waals surface area contributed by atoms with Crippen molar-refractivity contribution in [3.05, 3.63) is 0 Å². The largest absolute Gasteiger partial charge is 0.479 e. The Kier molecular flexibility index (Phi) is 4.48. The molecule has 0 heterocycles. The van der Waals surface area contributed by atoms with Gasteiger partial charge < -0.3 is 15.2 Å². The molecule has 0 spiro atoms. The maximum atomic E-state index is 11.9. The molecular weight excluding hydrogens is 246 g/mol. The molecule has 5 heteroatoms. The van der Waals surface area contributed by atoms with Crippen LogP contribution in [0, 0.1) is 11.8 Å². The third kappa shape index (κ3) is 3.61.